The summed E-state index contributed by atoms with van der Waals surface area (Å²) < 4.78 is 0. The van der Waals surface area contributed by atoms with Crippen LogP contribution >= 0.6 is 0 Å². The van der Waals surface area contributed by atoms with Crippen molar-refractivity contribution in [2.24, 2.45) is 4.99 Å². The van der Waals surface area contributed by atoms with Crippen LogP contribution in [0, 0.1) is 0 Å². The Kier molecular flexibility index (Phi) is 3.12. The third-order valence-electron chi connectivity index (χ3n) is 3.86. The lowest BCUT2D eigenvalue weighted by atomic mass is 10.0. The van der Waals surface area contributed by atoms with Crippen molar-refractivity contribution in [3.8, 4) is 0 Å². The lowest BCUT2D eigenvalue weighted by Gasteiger charge is -2.31. The fourth-order valence-electron chi connectivity index (χ4n) is 2.88. The van der Waals surface area contributed by atoms with Crippen molar-refractivity contribution in [1.82, 2.24) is 4.90 Å². The Bertz CT molecular complexity index is 397. The molecule has 1 unspecified atom stereocenters. The van der Waals surface area contributed by atoms with Crippen molar-refractivity contribution in [3.63, 3.8) is 0 Å². The molecule has 2 aliphatic rings. The molecule has 2 aliphatic heterocycles. The molecule has 2 heterocycles. The Morgan fingerprint density at radius 3 is 2.76 bits per heavy atom. The van der Waals surface area contributed by atoms with Crippen molar-refractivity contribution >= 4 is 5.84 Å². The molecule has 17 heavy (non-hydrogen) atoms. The second-order valence-electron chi connectivity index (χ2n) is 5.06. The first-order valence-electron chi connectivity index (χ1n) is 6.80. The van der Waals surface area contributed by atoms with E-state index in [1.54, 1.807) is 0 Å². The maximum Gasteiger partial charge on any atom is 0.0996 e. The molecule has 0 spiro atoms. The Balaban J connectivity index is 1.83. The summed E-state index contributed by atoms with van der Waals surface area (Å²) in [6, 6.07) is 11.1. The summed E-state index contributed by atoms with van der Waals surface area (Å²) in [6.45, 7) is 2.42. The molecule has 3 rings (SSSR count). The van der Waals surface area contributed by atoms with Crippen LogP contribution in [0.25, 0.3) is 0 Å². The standard InChI is InChI=1S/C15H20N2/c1-3-7-13(8-4-1)14-10-12-17-11-6-2-5-9-15(17)16-14/h1,3-4,7-8,14H,2,5-6,9-12H2. The Labute approximate surface area is 103 Å². The minimum atomic E-state index is 0.403. The van der Waals surface area contributed by atoms with Crippen molar-refractivity contribution in [2.75, 3.05) is 13.1 Å². The van der Waals surface area contributed by atoms with Crippen LogP contribution in [0.15, 0.2) is 35.3 Å². The minimum absolute atomic E-state index is 0.403. The molecular weight excluding hydrogens is 208 g/mol. The first-order valence-corrected chi connectivity index (χ1v) is 6.80. The van der Waals surface area contributed by atoms with Gasteiger partial charge in [-0.2, -0.15) is 0 Å². The number of benzene rings is 1. The molecule has 1 aromatic rings. The van der Waals surface area contributed by atoms with Crippen LogP contribution in [0.5, 0.6) is 0 Å². The van der Waals surface area contributed by atoms with Crippen LogP contribution in [0.4, 0.5) is 0 Å². The molecule has 1 fully saturated rings. The van der Waals surface area contributed by atoms with Crippen molar-refractivity contribution < 1.29 is 0 Å². The second kappa shape index (κ2) is 4.91. The number of nitrogens with zero attached hydrogens (tertiary/aromatic N) is 2. The van der Waals surface area contributed by atoms with Gasteiger partial charge >= 0.3 is 0 Å². The summed E-state index contributed by atoms with van der Waals surface area (Å²) in [7, 11) is 0. The summed E-state index contributed by atoms with van der Waals surface area (Å²) in [4.78, 5) is 7.48. The molecule has 1 atom stereocenters. The minimum Gasteiger partial charge on any atom is -0.360 e. The second-order valence-corrected chi connectivity index (χ2v) is 5.06. The Morgan fingerprint density at radius 2 is 1.88 bits per heavy atom. The van der Waals surface area contributed by atoms with Gasteiger partial charge in [0.05, 0.1) is 11.9 Å². The third kappa shape index (κ3) is 2.36. The van der Waals surface area contributed by atoms with Crippen LogP contribution in [-0.2, 0) is 0 Å². The zero-order valence-corrected chi connectivity index (χ0v) is 10.3. The molecule has 0 amide bonds. The molecule has 1 saturated heterocycles. The van der Waals surface area contributed by atoms with Gasteiger partial charge in [-0.15, -0.1) is 0 Å². The van der Waals surface area contributed by atoms with Gasteiger partial charge in [0, 0.05) is 19.5 Å². The molecule has 2 heteroatoms. The molecule has 0 aromatic heterocycles. The summed E-state index contributed by atoms with van der Waals surface area (Å²) in [5.41, 5.74) is 1.38. The van der Waals surface area contributed by atoms with E-state index in [1.165, 1.54) is 56.6 Å². The quantitative estimate of drug-likeness (QED) is 0.719. The van der Waals surface area contributed by atoms with Gasteiger partial charge in [-0.3, -0.25) is 4.99 Å². The van der Waals surface area contributed by atoms with Gasteiger partial charge in [-0.05, 0) is 24.8 Å². The summed E-state index contributed by atoms with van der Waals surface area (Å²) >= 11 is 0. The number of hydrogen-bond donors (Lipinski definition) is 0. The van der Waals surface area contributed by atoms with E-state index in [4.69, 9.17) is 4.99 Å². The van der Waals surface area contributed by atoms with Gasteiger partial charge in [0.25, 0.3) is 0 Å². The molecule has 0 bridgehead atoms. The number of hydrogen-bond acceptors (Lipinski definition) is 2. The lowest BCUT2D eigenvalue weighted by molar-refractivity contribution is 0.363. The molecule has 0 radical (unpaired) electrons. The zero-order valence-electron chi connectivity index (χ0n) is 10.3. The average molecular weight is 228 g/mol. The van der Waals surface area contributed by atoms with Gasteiger partial charge in [0.15, 0.2) is 0 Å². The smallest absolute Gasteiger partial charge is 0.0996 e. The molecule has 0 N–H and O–H groups in total. The number of rotatable bonds is 1. The predicted octanol–water partition coefficient (Wildman–Crippen LogP) is 3.41. The molecule has 0 aliphatic carbocycles. The van der Waals surface area contributed by atoms with Crippen molar-refractivity contribution in [3.05, 3.63) is 35.9 Å². The highest BCUT2D eigenvalue weighted by atomic mass is 15.2. The van der Waals surface area contributed by atoms with Crippen LogP contribution in [0.3, 0.4) is 0 Å². The van der Waals surface area contributed by atoms with Crippen LogP contribution < -0.4 is 0 Å². The third-order valence-corrected chi connectivity index (χ3v) is 3.86. The van der Waals surface area contributed by atoms with Crippen LogP contribution in [0.1, 0.15) is 43.7 Å². The van der Waals surface area contributed by atoms with Crippen molar-refractivity contribution in [1.29, 1.82) is 0 Å². The Hall–Kier alpha value is -1.31. The largest absolute Gasteiger partial charge is 0.360 e. The summed E-state index contributed by atoms with van der Waals surface area (Å²) in [5.74, 6) is 1.36. The van der Waals surface area contributed by atoms with E-state index in [0.29, 0.717) is 6.04 Å². The highest BCUT2D eigenvalue weighted by Gasteiger charge is 2.23. The fraction of sp³-hybridized carbons (Fsp3) is 0.533. The van der Waals surface area contributed by atoms with Gasteiger partial charge in [-0.1, -0.05) is 36.8 Å². The fourth-order valence-corrected chi connectivity index (χ4v) is 2.88. The first-order chi connectivity index (χ1) is 8.43. The lowest BCUT2D eigenvalue weighted by Crippen LogP contribution is -2.36. The van der Waals surface area contributed by atoms with Crippen LogP contribution in [-0.4, -0.2) is 23.8 Å². The maximum absolute atomic E-state index is 4.98. The number of amidine groups is 1. The topological polar surface area (TPSA) is 15.6 Å². The average Bonchev–Trinajstić information content (AvgIpc) is 2.64. The highest BCUT2D eigenvalue weighted by Crippen LogP contribution is 2.28. The SMILES string of the molecule is c1ccc(C2CCN3CCCCCC3=N2)cc1. The van der Waals surface area contributed by atoms with Gasteiger partial charge in [0.2, 0.25) is 0 Å². The molecule has 90 valence electrons. The van der Waals surface area contributed by atoms with E-state index >= 15 is 0 Å². The van der Waals surface area contributed by atoms with Gasteiger partial charge in [0.1, 0.15) is 0 Å². The van der Waals surface area contributed by atoms with E-state index in [1.807, 2.05) is 0 Å². The molecule has 0 saturated carbocycles. The van der Waals surface area contributed by atoms with E-state index in [2.05, 4.69) is 35.2 Å². The summed E-state index contributed by atoms with van der Waals surface area (Å²) in [5, 5.41) is 0. The predicted molar refractivity (Wildman–Crippen MR) is 71.3 cm³/mol. The monoisotopic (exact) mass is 228 g/mol. The molecule has 1 aromatic carbocycles. The van der Waals surface area contributed by atoms with Gasteiger partial charge in [-0.25, -0.2) is 0 Å². The van der Waals surface area contributed by atoms with Crippen molar-refractivity contribution in [2.45, 2.75) is 38.1 Å². The van der Waals surface area contributed by atoms with E-state index in [0.717, 1.165) is 0 Å². The Morgan fingerprint density at radius 1 is 1.00 bits per heavy atom. The normalized spacial score (nSPS) is 24.8. The van der Waals surface area contributed by atoms with E-state index in [-0.39, 0.29) is 0 Å². The molecular formula is C15H20N2. The first kappa shape index (κ1) is 10.8. The van der Waals surface area contributed by atoms with Crippen LogP contribution in [0.2, 0.25) is 0 Å². The summed E-state index contributed by atoms with van der Waals surface area (Å²) in [6.07, 6.45) is 6.38. The number of aliphatic imine (C=N–C) groups is 1. The molecule has 2 nitrogen and oxygen atoms in total. The van der Waals surface area contributed by atoms with E-state index in [9.17, 15) is 0 Å². The van der Waals surface area contributed by atoms with Gasteiger partial charge < -0.3 is 4.90 Å². The highest BCUT2D eigenvalue weighted by molar-refractivity contribution is 5.83. The maximum atomic E-state index is 4.98. The van der Waals surface area contributed by atoms with E-state index < -0.39 is 0 Å². The zero-order chi connectivity index (χ0) is 11.5. The number of fused-ring (bicyclic) bond motifs is 1.